The molecule has 1 aromatic carbocycles. The molecule has 2 aliphatic heterocycles. The van der Waals surface area contributed by atoms with Gasteiger partial charge in [-0.2, -0.15) is 5.10 Å². The number of carboxylic acid groups (broad SMARTS) is 1. The molecule has 11 heteroatoms. The number of carbonyl (C=O) groups excluding carboxylic acids is 2. The molecule has 1 saturated heterocycles. The van der Waals surface area contributed by atoms with Crippen molar-refractivity contribution in [1.82, 2.24) is 15.2 Å². The van der Waals surface area contributed by atoms with Crippen molar-refractivity contribution in [2.75, 3.05) is 33.9 Å². The van der Waals surface area contributed by atoms with E-state index in [2.05, 4.69) is 5.32 Å². The van der Waals surface area contributed by atoms with Gasteiger partial charge in [0.05, 0.1) is 32.6 Å². The number of methoxy groups -OCH3 is 2. The van der Waals surface area contributed by atoms with Crippen molar-refractivity contribution in [3.05, 3.63) is 23.8 Å². The minimum absolute atomic E-state index is 0.0366. The molecule has 2 fully saturated rings. The zero-order valence-corrected chi connectivity index (χ0v) is 20.7. The maximum atomic E-state index is 13.5. The summed E-state index contributed by atoms with van der Waals surface area (Å²) in [6, 6.07) is 4.34. The van der Waals surface area contributed by atoms with E-state index in [1.165, 1.54) is 4.90 Å². The van der Waals surface area contributed by atoms with Crippen molar-refractivity contribution in [1.29, 1.82) is 0 Å². The lowest BCUT2D eigenvalue weighted by molar-refractivity contribution is -0.143. The SMILES string of the molecule is COc1ccc(C2=NN(C3CCN(C(=O)[C@H](CO)NC(=O)O)CC3)C(=O)[C@@H]3CCCC[C@H]23)cc1OC. The molecule has 36 heavy (non-hydrogen) atoms. The number of piperidine rings is 1. The molecule has 1 aromatic rings. The highest BCUT2D eigenvalue weighted by molar-refractivity contribution is 6.07. The van der Waals surface area contributed by atoms with Crippen LogP contribution in [-0.4, -0.2) is 89.7 Å². The third kappa shape index (κ3) is 5.11. The van der Waals surface area contributed by atoms with Gasteiger partial charge in [0.25, 0.3) is 0 Å². The summed E-state index contributed by atoms with van der Waals surface area (Å²) >= 11 is 0. The van der Waals surface area contributed by atoms with E-state index >= 15 is 0 Å². The third-order valence-corrected chi connectivity index (χ3v) is 7.46. The Morgan fingerprint density at radius 1 is 1.08 bits per heavy atom. The molecule has 11 nitrogen and oxygen atoms in total. The Morgan fingerprint density at radius 2 is 1.75 bits per heavy atom. The fraction of sp³-hybridized carbons (Fsp3) is 0.600. The normalized spacial score (nSPS) is 23.4. The van der Waals surface area contributed by atoms with E-state index in [1.807, 2.05) is 18.2 Å². The van der Waals surface area contributed by atoms with E-state index in [-0.39, 0.29) is 23.8 Å². The Kier molecular flexibility index (Phi) is 7.97. The molecule has 2 heterocycles. The number of carbonyl (C=O) groups is 3. The van der Waals surface area contributed by atoms with Crippen LogP contribution in [0.2, 0.25) is 0 Å². The topological polar surface area (TPSA) is 141 Å². The monoisotopic (exact) mass is 502 g/mol. The molecular weight excluding hydrogens is 468 g/mol. The number of fused-ring (bicyclic) bond motifs is 1. The number of nitrogens with zero attached hydrogens (tertiary/aromatic N) is 3. The van der Waals surface area contributed by atoms with Crippen LogP contribution >= 0.6 is 0 Å². The Labute approximate surface area is 210 Å². The van der Waals surface area contributed by atoms with E-state index in [0.29, 0.717) is 37.4 Å². The fourth-order valence-electron chi connectivity index (χ4n) is 5.58. The number of aliphatic hydroxyl groups excluding tert-OH is 1. The average molecular weight is 503 g/mol. The Bertz CT molecular complexity index is 1020. The van der Waals surface area contributed by atoms with Crippen LogP contribution in [0.25, 0.3) is 0 Å². The van der Waals surface area contributed by atoms with Gasteiger partial charge in [0.15, 0.2) is 11.5 Å². The summed E-state index contributed by atoms with van der Waals surface area (Å²) in [4.78, 5) is 38.7. The summed E-state index contributed by atoms with van der Waals surface area (Å²) in [5.74, 6) is 0.724. The second-order valence-corrected chi connectivity index (χ2v) is 9.48. The first-order valence-corrected chi connectivity index (χ1v) is 12.4. The molecule has 3 N–H and O–H groups in total. The largest absolute Gasteiger partial charge is 0.493 e. The van der Waals surface area contributed by atoms with Crippen LogP contribution in [-0.2, 0) is 9.59 Å². The highest BCUT2D eigenvalue weighted by Crippen LogP contribution is 2.40. The number of hydrogen-bond acceptors (Lipinski definition) is 7. The number of hydrazone groups is 1. The zero-order chi connectivity index (χ0) is 25.8. The first-order chi connectivity index (χ1) is 17.4. The number of nitrogens with one attached hydrogen (secondary N) is 1. The van der Waals surface area contributed by atoms with E-state index in [9.17, 15) is 19.5 Å². The van der Waals surface area contributed by atoms with Gasteiger partial charge in [-0.05, 0) is 43.9 Å². The van der Waals surface area contributed by atoms with E-state index in [4.69, 9.17) is 19.7 Å². The predicted octanol–water partition coefficient (Wildman–Crippen LogP) is 1.68. The van der Waals surface area contributed by atoms with Crippen molar-refractivity contribution in [3.63, 3.8) is 0 Å². The zero-order valence-electron chi connectivity index (χ0n) is 20.7. The molecule has 0 bridgehead atoms. The van der Waals surface area contributed by atoms with Crippen molar-refractivity contribution in [2.24, 2.45) is 16.9 Å². The number of amides is 3. The number of aliphatic hydroxyl groups is 1. The number of benzene rings is 1. The van der Waals surface area contributed by atoms with Crippen LogP contribution in [0.1, 0.15) is 44.1 Å². The van der Waals surface area contributed by atoms with Crippen LogP contribution in [0.3, 0.4) is 0 Å². The van der Waals surface area contributed by atoms with Crippen LogP contribution in [0.4, 0.5) is 4.79 Å². The quantitative estimate of drug-likeness (QED) is 0.515. The maximum Gasteiger partial charge on any atom is 0.405 e. The lowest BCUT2D eigenvalue weighted by atomic mass is 9.73. The van der Waals surface area contributed by atoms with Crippen LogP contribution in [0.15, 0.2) is 23.3 Å². The van der Waals surface area contributed by atoms with Gasteiger partial charge in [-0.1, -0.05) is 12.8 Å². The smallest absolute Gasteiger partial charge is 0.405 e. The van der Waals surface area contributed by atoms with Gasteiger partial charge < -0.3 is 29.9 Å². The minimum Gasteiger partial charge on any atom is -0.493 e. The summed E-state index contributed by atoms with van der Waals surface area (Å²) in [6.45, 7) is 0.0818. The molecule has 3 atom stereocenters. The summed E-state index contributed by atoms with van der Waals surface area (Å²) < 4.78 is 10.9. The number of ether oxygens (including phenoxy) is 2. The molecule has 0 spiro atoms. The number of rotatable bonds is 7. The third-order valence-electron chi connectivity index (χ3n) is 7.46. The molecule has 1 saturated carbocycles. The Hall–Kier alpha value is -3.34. The summed E-state index contributed by atoms with van der Waals surface area (Å²) in [5.41, 5.74) is 1.78. The van der Waals surface area contributed by atoms with Crippen LogP contribution in [0, 0.1) is 11.8 Å². The molecule has 0 radical (unpaired) electrons. The lowest BCUT2D eigenvalue weighted by Crippen LogP contribution is -2.56. The predicted molar refractivity (Wildman–Crippen MR) is 130 cm³/mol. The van der Waals surface area contributed by atoms with Crippen molar-refractivity contribution in [3.8, 4) is 11.5 Å². The molecule has 3 aliphatic rings. The summed E-state index contributed by atoms with van der Waals surface area (Å²) in [5, 5.41) is 26.9. The average Bonchev–Trinajstić information content (AvgIpc) is 2.91. The van der Waals surface area contributed by atoms with Gasteiger partial charge >= 0.3 is 6.09 Å². The van der Waals surface area contributed by atoms with Gasteiger partial charge in [-0.3, -0.25) is 9.59 Å². The molecule has 4 rings (SSSR count). The fourth-order valence-corrected chi connectivity index (χ4v) is 5.58. The van der Waals surface area contributed by atoms with Crippen molar-refractivity contribution >= 4 is 23.6 Å². The lowest BCUT2D eigenvalue weighted by Gasteiger charge is -2.43. The van der Waals surface area contributed by atoms with Gasteiger partial charge in [-0.15, -0.1) is 0 Å². The summed E-state index contributed by atoms with van der Waals surface area (Å²) in [6.07, 6.45) is 3.46. The molecule has 0 aromatic heterocycles. The number of likely N-dealkylation sites (tertiary alicyclic amines) is 1. The first-order valence-electron chi connectivity index (χ1n) is 12.4. The van der Waals surface area contributed by atoms with Crippen LogP contribution in [0.5, 0.6) is 11.5 Å². The van der Waals surface area contributed by atoms with Gasteiger partial charge in [-0.25, -0.2) is 9.80 Å². The van der Waals surface area contributed by atoms with E-state index in [1.54, 1.807) is 19.2 Å². The van der Waals surface area contributed by atoms with Gasteiger partial charge in [0.2, 0.25) is 11.8 Å². The Morgan fingerprint density at radius 3 is 2.36 bits per heavy atom. The molecule has 0 unspecified atom stereocenters. The molecule has 1 aliphatic carbocycles. The van der Waals surface area contributed by atoms with Crippen LogP contribution < -0.4 is 14.8 Å². The van der Waals surface area contributed by atoms with Gasteiger partial charge in [0, 0.05) is 30.5 Å². The molecular formula is C25H34N4O7. The second-order valence-electron chi connectivity index (χ2n) is 9.48. The maximum absolute atomic E-state index is 13.5. The first kappa shape index (κ1) is 25.7. The highest BCUT2D eigenvalue weighted by atomic mass is 16.5. The van der Waals surface area contributed by atoms with Gasteiger partial charge in [0.1, 0.15) is 6.04 Å². The van der Waals surface area contributed by atoms with E-state index in [0.717, 1.165) is 37.0 Å². The highest BCUT2D eigenvalue weighted by Gasteiger charge is 2.44. The standard InChI is InChI=1S/C25H34N4O7/c1-35-20-8-7-15(13-21(20)36-2)22-17-5-3-4-6-18(17)23(31)29(27-22)16-9-11-28(12-10-16)24(32)19(14-30)26-25(33)34/h7-8,13,16-19,26,30H,3-6,9-12,14H2,1-2H3,(H,33,34)/t17-,18+,19-/m0/s1. The minimum atomic E-state index is -1.37. The van der Waals surface area contributed by atoms with Crippen molar-refractivity contribution < 1.29 is 34.1 Å². The Balaban J connectivity index is 1.56. The molecule has 196 valence electrons. The molecule has 3 amide bonds. The summed E-state index contributed by atoms with van der Waals surface area (Å²) in [7, 11) is 3.18. The van der Waals surface area contributed by atoms with Crippen molar-refractivity contribution in [2.45, 2.75) is 50.6 Å². The second kappa shape index (κ2) is 11.2. The number of hydrogen-bond donors (Lipinski definition) is 3. The van der Waals surface area contributed by atoms with E-state index < -0.39 is 24.6 Å².